The van der Waals surface area contributed by atoms with Crippen molar-refractivity contribution >= 4 is 11.5 Å². The van der Waals surface area contributed by atoms with E-state index in [-0.39, 0.29) is 24.0 Å². The molecular formula is C20H27NO5. The Kier molecular flexibility index (Phi) is 6.09. The molecule has 1 saturated heterocycles. The summed E-state index contributed by atoms with van der Waals surface area (Å²) in [4.78, 5) is 14.1. The summed E-state index contributed by atoms with van der Waals surface area (Å²) >= 11 is 0. The average Bonchev–Trinajstić information content (AvgIpc) is 2.92. The van der Waals surface area contributed by atoms with Crippen molar-refractivity contribution in [3.63, 3.8) is 0 Å². The van der Waals surface area contributed by atoms with Crippen molar-refractivity contribution in [2.24, 2.45) is 0 Å². The van der Waals surface area contributed by atoms with Gasteiger partial charge in [-0.15, -0.1) is 0 Å². The van der Waals surface area contributed by atoms with Crippen LogP contribution in [0.2, 0.25) is 0 Å². The molecule has 0 N–H and O–H groups in total. The molecule has 0 aliphatic carbocycles. The lowest BCUT2D eigenvalue weighted by atomic mass is 9.97. The van der Waals surface area contributed by atoms with Gasteiger partial charge in [-0.3, -0.25) is 4.79 Å². The minimum Gasteiger partial charge on any atom is -0.382 e. The number of nitrogens with zero attached hydrogens (tertiary/aromatic N) is 1. The quantitative estimate of drug-likeness (QED) is 0.744. The van der Waals surface area contributed by atoms with E-state index in [2.05, 4.69) is 4.90 Å². The number of allylic oxidation sites excluding steroid dienone is 1. The monoisotopic (exact) mass is 361 g/mol. The van der Waals surface area contributed by atoms with Crippen molar-refractivity contribution in [2.45, 2.75) is 43.8 Å². The first-order valence-corrected chi connectivity index (χ1v) is 8.92. The maximum Gasteiger partial charge on any atom is 0.168 e. The van der Waals surface area contributed by atoms with E-state index in [9.17, 15) is 4.79 Å². The number of methoxy groups -OCH3 is 2. The van der Waals surface area contributed by atoms with E-state index in [4.69, 9.17) is 18.9 Å². The minimum atomic E-state index is -0.796. The molecule has 6 heteroatoms. The Hall–Kier alpha value is -1.73. The van der Waals surface area contributed by atoms with Crippen LogP contribution in [0.3, 0.4) is 0 Å². The third-order valence-corrected chi connectivity index (χ3v) is 4.79. The molecule has 2 aliphatic heterocycles. The standard InChI is InChI=1S/C20H27NO5/c1-20(25-18(13-23-2)19(26-20)14-24-3)12-16-11-17(22)9-10-21(16)15-7-5-4-6-8-15/h4-10,16,18-19H,11-14H2,1-3H3/t16?,18-,19-/m0/s1. The van der Waals surface area contributed by atoms with Gasteiger partial charge >= 0.3 is 0 Å². The fourth-order valence-electron chi connectivity index (χ4n) is 3.71. The van der Waals surface area contributed by atoms with E-state index in [1.807, 2.05) is 43.5 Å². The molecule has 0 bridgehead atoms. The fourth-order valence-corrected chi connectivity index (χ4v) is 3.71. The zero-order valence-corrected chi connectivity index (χ0v) is 15.6. The summed E-state index contributed by atoms with van der Waals surface area (Å²) in [7, 11) is 3.29. The predicted molar refractivity (Wildman–Crippen MR) is 98.0 cm³/mol. The Morgan fingerprint density at radius 2 is 1.73 bits per heavy atom. The highest BCUT2D eigenvalue weighted by atomic mass is 16.8. The van der Waals surface area contributed by atoms with Crippen LogP contribution in [0.4, 0.5) is 5.69 Å². The lowest BCUT2D eigenvalue weighted by Crippen LogP contribution is -2.43. The maximum atomic E-state index is 12.0. The Labute approximate surface area is 154 Å². The smallest absolute Gasteiger partial charge is 0.168 e. The molecule has 2 heterocycles. The normalized spacial score (nSPS) is 27.9. The van der Waals surface area contributed by atoms with Crippen LogP contribution in [0.15, 0.2) is 42.6 Å². The largest absolute Gasteiger partial charge is 0.382 e. The Morgan fingerprint density at radius 1 is 1.12 bits per heavy atom. The molecule has 6 nitrogen and oxygen atoms in total. The van der Waals surface area contributed by atoms with Crippen LogP contribution in [0.1, 0.15) is 19.8 Å². The predicted octanol–water partition coefficient (Wildman–Crippen LogP) is 2.53. The Morgan fingerprint density at radius 3 is 2.31 bits per heavy atom. The lowest BCUT2D eigenvalue weighted by Gasteiger charge is -2.37. The van der Waals surface area contributed by atoms with Crippen molar-refractivity contribution in [2.75, 3.05) is 32.3 Å². The average molecular weight is 361 g/mol. The highest BCUT2D eigenvalue weighted by Crippen LogP contribution is 2.36. The topological polar surface area (TPSA) is 57.2 Å². The van der Waals surface area contributed by atoms with Gasteiger partial charge in [-0.1, -0.05) is 18.2 Å². The lowest BCUT2D eigenvalue weighted by molar-refractivity contribution is -0.174. The third kappa shape index (κ3) is 4.32. The number of ether oxygens (including phenoxy) is 4. The summed E-state index contributed by atoms with van der Waals surface area (Å²) in [6.07, 6.45) is 4.10. The number of carbonyl (C=O) groups is 1. The zero-order valence-electron chi connectivity index (χ0n) is 15.6. The summed E-state index contributed by atoms with van der Waals surface area (Å²) < 4.78 is 22.9. The number of benzene rings is 1. The first-order chi connectivity index (χ1) is 12.5. The molecule has 3 atom stereocenters. The van der Waals surface area contributed by atoms with Crippen molar-refractivity contribution in [1.82, 2.24) is 0 Å². The van der Waals surface area contributed by atoms with Gasteiger partial charge in [-0.05, 0) is 25.1 Å². The first kappa shape index (κ1) is 19.0. The molecule has 1 fully saturated rings. The van der Waals surface area contributed by atoms with Gasteiger partial charge in [0, 0.05) is 45.0 Å². The summed E-state index contributed by atoms with van der Waals surface area (Å²) in [6.45, 7) is 2.81. The molecule has 0 amide bonds. The molecule has 1 unspecified atom stereocenters. The summed E-state index contributed by atoms with van der Waals surface area (Å²) in [5, 5.41) is 0. The highest BCUT2D eigenvalue weighted by Gasteiger charge is 2.46. The number of rotatable bonds is 7. The number of carbonyl (C=O) groups excluding carboxylic acids is 1. The molecule has 0 spiro atoms. The van der Waals surface area contributed by atoms with Crippen molar-refractivity contribution < 1.29 is 23.7 Å². The molecule has 0 saturated carbocycles. The van der Waals surface area contributed by atoms with Crippen molar-refractivity contribution in [3.8, 4) is 0 Å². The van der Waals surface area contributed by atoms with Crippen LogP contribution >= 0.6 is 0 Å². The van der Waals surface area contributed by atoms with E-state index in [0.29, 0.717) is 26.1 Å². The number of hydrogen-bond acceptors (Lipinski definition) is 6. The van der Waals surface area contributed by atoms with Gasteiger partial charge in [0.1, 0.15) is 12.2 Å². The summed E-state index contributed by atoms with van der Waals surface area (Å²) in [5.41, 5.74) is 1.05. The van der Waals surface area contributed by atoms with Crippen LogP contribution in [-0.2, 0) is 23.7 Å². The van der Waals surface area contributed by atoms with Gasteiger partial charge in [0.05, 0.1) is 13.2 Å². The van der Waals surface area contributed by atoms with E-state index in [1.54, 1.807) is 20.3 Å². The van der Waals surface area contributed by atoms with Gasteiger partial charge in [0.15, 0.2) is 11.6 Å². The van der Waals surface area contributed by atoms with Crippen molar-refractivity contribution in [3.05, 3.63) is 42.6 Å². The van der Waals surface area contributed by atoms with E-state index in [0.717, 1.165) is 5.69 Å². The van der Waals surface area contributed by atoms with Gasteiger partial charge in [0.2, 0.25) is 0 Å². The first-order valence-electron chi connectivity index (χ1n) is 8.92. The Balaban J connectivity index is 1.76. The highest BCUT2D eigenvalue weighted by molar-refractivity contribution is 5.92. The zero-order chi connectivity index (χ0) is 18.6. The minimum absolute atomic E-state index is 0.0376. The van der Waals surface area contributed by atoms with Crippen LogP contribution in [0.25, 0.3) is 0 Å². The van der Waals surface area contributed by atoms with Crippen LogP contribution < -0.4 is 4.90 Å². The second-order valence-corrected chi connectivity index (χ2v) is 6.94. The molecule has 2 aliphatic rings. The number of para-hydroxylation sites is 1. The molecule has 142 valence electrons. The van der Waals surface area contributed by atoms with E-state index < -0.39 is 5.79 Å². The summed E-state index contributed by atoms with van der Waals surface area (Å²) in [6, 6.07) is 9.99. The van der Waals surface area contributed by atoms with E-state index in [1.165, 1.54) is 0 Å². The van der Waals surface area contributed by atoms with Crippen LogP contribution in [0.5, 0.6) is 0 Å². The van der Waals surface area contributed by atoms with Crippen LogP contribution in [0, 0.1) is 0 Å². The Bertz CT molecular complexity index is 618. The fraction of sp³-hybridized carbons (Fsp3) is 0.550. The third-order valence-electron chi connectivity index (χ3n) is 4.79. The molecule has 1 aromatic rings. The second-order valence-electron chi connectivity index (χ2n) is 6.94. The van der Waals surface area contributed by atoms with E-state index >= 15 is 0 Å². The molecular weight excluding hydrogens is 334 g/mol. The van der Waals surface area contributed by atoms with Gasteiger partial charge in [-0.2, -0.15) is 0 Å². The maximum absolute atomic E-state index is 12.0. The van der Waals surface area contributed by atoms with Crippen molar-refractivity contribution in [1.29, 1.82) is 0 Å². The summed E-state index contributed by atoms with van der Waals surface area (Å²) in [5.74, 6) is -0.680. The number of hydrogen-bond donors (Lipinski definition) is 0. The number of anilines is 1. The van der Waals surface area contributed by atoms with Crippen LogP contribution in [-0.4, -0.2) is 57.3 Å². The molecule has 0 radical (unpaired) electrons. The molecule has 3 rings (SSSR count). The van der Waals surface area contributed by atoms with Gasteiger partial charge < -0.3 is 23.8 Å². The molecule has 0 aromatic heterocycles. The molecule has 26 heavy (non-hydrogen) atoms. The van der Waals surface area contributed by atoms with Gasteiger partial charge in [0.25, 0.3) is 0 Å². The van der Waals surface area contributed by atoms with Gasteiger partial charge in [-0.25, -0.2) is 0 Å². The number of ketones is 1. The molecule has 1 aromatic carbocycles. The second kappa shape index (κ2) is 8.31. The SMILES string of the molecule is COC[C@@H]1OC(C)(CC2CC(=O)C=CN2c2ccccc2)O[C@H]1COC.